The van der Waals surface area contributed by atoms with Crippen LogP contribution in [0.15, 0.2) is 58.8 Å². The third kappa shape index (κ3) is 3.20. The van der Waals surface area contributed by atoms with Gasteiger partial charge in [-0.15, -0.1) is 0 Å². The molecular weight excluding hydrogens is 344 g/mol. The molecule has 0 unspecified atom stereocenters. The Labute approximate surface area is 156 Å². The fourth-order valence-electron chi connectivity index (χ4n) is 3.06. The van der Waals surface area contributed by atoms with Gasteiger partial charge in [0, 0.05) is 34.5 Å². The number of amidine groups is 1. The lowest BCUT2D eigenvalue weighted by Gasteiger charge is -2.14. The summed E-state index contributed by atoms with van der Waals surface area (Å²) in [5.41, 5.74) is 8.63. The summed E-state index contributed by atoms with van der Waals surface area (Å²) in [4.78, 5) is 8.01. The van der Waals surface area contributed by atoms with E-state index in [1.54, 1.807) is 18.9 Å². The Bertz CT molecular complexity index is 1010. The van der Waals surface area contributed by atoms with E-state index in [9.17, 15) is 0 Å². The minimum atomic E-state index is 0.777. The number of aromatic nitrogens is 1. The van der Waals surface area contributed by atoms with E-state index in [-0.39, 0.29) is 0 Å². The smallest absolute Gasteiger partial charge is 0.182 e. The summed E-state index contributed by atoms with van der Waals surface area (Å²) in [6.45, 7) is 2.17. The van der Waals surface area contributed by atoms with E-state index in [1.807, 2.05) is 24.3 Å². The number of rotatable bonds is 4. The van der Waals surface area contributed by atoms with E-state index in [2.05, 4.69) is 51.8 Å². The van der Waals surface area contributed by atoms with Gasteiger partial charge in [-0.3, -0.25) is 5.43 Å². The molecule has 132 valence electrons. The van der Waals surface area contributed by atoms with Crippen molar-refractivity contribution in [2.75, 3.05) is 12.9 Å². The molecule has 0 atom stereocenters. The largest absolute Gasteiger partial charge is 0.497 e. The molecule has 4 rings (SSSR count). The second kappa shape index (κ2) is 7.25. The number of benzene rings is 2. The summed E-state index contributed by atoms with van der Waals surface area (Å²) in [5, 5.41) is 6.57. The van der Waals surface area contributed by atoms with Gasteiger partial charge in [0.1, 0.15) is 5.75 Å². The standard InChI is InChI=1S/C20H20N4OS/c1-3-13-6-4-9-16-17(11-21-19(13)16)18-12-26-20(24-23-18)22-14-7-5-8-15(10-14)25-2/h4-11,21H,3,12H2,1-2H3,(H,22,24). The van der Waals surface area contributed by atoms with E-state index in [4.69, 9.17) is 4.74 Å². The SMILES string of the molecule is CCc1cccc2c(C3=NNC(=Nc4cccc(OC)c4)SC3)c[nH]c12. The van der Waals surface area contributed by atoms with Gasteiger partial charge >= 0.3 is 0 Å². The van der Waals surface area contributed by atoms with Crippen molar-refractivity contribution < 1.29 is 4.74 Å². The van der Waals surface area contributed by atoms with Crippen LogP contribution in [0.25, 0.3) is 10.9 Å². The van der Waals surface area contributed by atoms with Crippen molar-refractivity contribution in [1.29, 1.82) is 0 Å². The average Bonchev–Trinajstić information content (AvgIpc) is 3.13. The molecule has 0 fully saturated rings. The number of thioether (sulfide) groups is 1. The zero-order valence-electron chi connectivity index (χ0n) is 14.7. The highest BCUT2D eigenvalue weighted by molar-refractivity contribution is 8.14. The lowest BCUT2D eigenvalue weighted by atomic mass is 10.1. The molecule has 3 aromatic rings. The number of ether oxygens (including phenoxy) is 1. The highest BCUT2D eigenvalue weighted by Gasteiger charge is 2.17. The lowest BCUT2D eigenvalue weighted by molar-refractivity contribution is 0.415. The maximum atomic E-state index is 5.24. The number of nitrogens with one attached hydrogen (secondary N) is 2. The molecule has 2 N–H and O–H groups in total. The molecule has 1 aliphatic heterocycles. The predicted molar refractivity (Wildman–Crippen MR) is 110 cm³/mol. The van der Waals surface area contributed by atoms with Crippen LogP contribution >= 0.6 is 11.8 Å². The Balaban J connectivity index is 1.59. The Kier molecular flexibility index (Phi) is 4.67. The van der Waals surface area contributed by atoms with E-state index >= 15 is 0 Å². The van der Waals surface area contributed by atoms with Gasteiger partial charge in [0.15, 0.2) is 5.17 Å². The molecule has 2 aromatic carbocycles. The highest BCUT2D eigenvalue weighted by Crippen LogP contribution is 2.26. The number of aromatic amines is 1. The summed E-state index contributed by atoms with van der Waals surface area (Å²) in [5.74, 6) is 1.57. The third-order valence-corrected chi connectivity index (χ3v) is 5.28. The van der Waals surface area contributed by atoms with Crippen LogP contribution in [0.1, 0.15) is 18.1 Å². The molecule has 6 heteroatoms. The molecular formula is C20H20N4OS. The number of hydrazone groups is 1. The number of fused-ring (bicyclic) bond motifs is 1. The quantitative estimate of drug-likeness (QED) is 0.718. The van der Waals surface area contributed by atoms with Crippen molar-refractivity contribution in [2.24, 2.45) is 10.1 Å². The Morgan fingerprint density at radius 1 is 1.23 bits per heavy atom. The predicted octanol–water partition coefficient (Wildman–Crippen LogP) is 4.47. The van der Waals surface area contributed by atoms with Gasteiger partial charge < -0.3 is 9.72 Å². The van der Waals surface area contributed by atoms with Gasteiger partial charge in [0.2, 0.25) is 0 Å². The van der Waals surface area contributed by atoms with Crippen LogP contribution in [0.2, 0.25) is 0 Å². The first-order valence-corrected chi connectivity index (χ1v) is 9.54. The number of para-hydroxylation sites is 1. The summed E-state index contributed by atoms with van der Waals surface area (Å²) < 4.78 is 5.24. The number of methoxy groups -OCH3 is 1. The van der Waals surface area contributed by atoms with Crippen LogP contribution in [0.4, 0.5) is 5.69 Å². The molecule has 0 radical (unpaired) electrons. The van der Waals surface area contributed by atoms with Gasteiger partial charge in [-0.05, 0) is 24.1 Å². The maximum absolute atomic E-state index is 5.24. The fraction of sp³-hybridized carbons (Fsp3) is 0.200. The third-order valence-electron chi connectivity index (χ3n) is 4.41. The molecule has 0 bridgehead atoms. The summed E-state index contributed by atoms with van der Waals surface area (Å²) in [7, 11) is 1.65. The maximum Gasteiger partial charge on any atom is 0.182 e. The van der Waals surface area contributed by atoms with Gasteiger partial charge in [-0.1, -0.05) is 43.0 Å². The average molecular weight is 364 g/mol. The summed E-state index contributed by atoms with van der Waals surface area (Å²) in [6.07, 6.45) is 3.06. The van der Waals surface area contributed by atoms with E-state index < -0.39 is 0 Å². The van der Waals surface area contributed by atoms with Crippen molar-refractivity contribution in [3.63, 3.8) is 0 Å². The first-order valence-electron chi connectivity index (χ1n) is 8.56. The van der Waals surface area contributed by atoms with Crippen molar-refractivity contribution >= 4 is 39.2 Å². The summed E-state index contributed by atoms with van der Waals surface area (Å²) >= 11 is 1.65. The number of aliphatic imine (C=N–C) groups is 1. The molecule has 0 amide bonds. The molecule has 1 aromatic heterocycles. The van der Waals surface area contributed by atoms with Crippen LogP contribution < -0.4 is 10.2 Å². The number of hydrogen-bond donors (Lipinski definition) is 2. The molecule has 2 heterocycles. The molecule has 0 aliphatic carbocycles. The number of nitrogens with zero attached hydrogens (tertiary/aromatic N) is 2. The van der Waals surface area contributed by atoms with Gasteiger partial charge in [0.05, 0.1) is 18.5 Å². The molecule has 1 aliphatic rings. The van der Waals surface area contributed by atoms with Crippen molar-refractivity contribution in [2.45, 2.75) is 13.3 Å². The van der Waals surface area contributed by atoms with Gasteiger partial charge in [-0.2, -0.15) is 5.10 Å². The topological polar surface area (TPSA) is 61.8 Å². The number of H-pyrrole nitrogens is 1. The zero-order valence-corrected chi connectivity index (χ0v) is 15.6. The van der Waals surface area contributed by atoms with Crippen LogP contribution in [0.5, 0.6) is 5.75 Å². The molecule has 0 saturated heterocycles. The number of aryl methyl sites for hydroxylation is 1. The van der Waals surface area contributed by atoms with E-state index in [0.717, 1.165) is 40.1 Å². The second-order valence-electron chi connectivity index (χ2n) is 5.97. The van der Waals surface area contributed by atoms with Crippen LogP contribution in [0.3, 0.4) is 0 Å². The molecule has 0 saturated carbocycles. The molecule has 5 nitrogen and oxygen atoms in total. The Hall–Kier alpha value is -2.73. The van der Waals surface area contributed by atoms with Crippen LogP contribution in [-0.4, -0.2) is 28.7 Å². The normalized spacial score (nSPS) is 15.8. The lowest BCUT2D eigenvalue weighted by Crippen LogP contribution is -2.25. The minimum absolute atomic E-state index is 0.777. The zero-order chi connectivity index (χ0) is 17.9. The van der Waals surface area contributed by atoms with Crippen molar-refractivity contribution in [1.82, 2.24) is 10.4 Å². The molecule has 26 heavy (non-hydrogen) atoms. The monoisotopic (exact) mass is 364 g/mol. The first kappa shape index (κ1) is 16.7. The van der Waals surface area contributed by atoms with Crippen molar-refractivity contribution in [3.05, 3.63) is 59.8 Å². The Morgan fingerprint density at radius 2 is 2.12 bits per heavy atom. The van der Waals surface area contributed by atoms with E-state index in [0.29, 0.717) is 0 Å². The highest BCUT2D eigenvalue weighted by atomic mass is 32.2. The summed E-state index contributed by atoms with van der Waals surface area (Å²) in [6, 6.07) is 14.1. The first-order chi connectivity index (χ1) is 12.8. The van der Waals surface area contributed by atoms with Gasteiger partial charge in [0.25, 0.3) is 0 Å². The van der Waals surface area contributed by atoms with Crippen LogP contribution in [0, 0.1) is 0 Å². The van der Waals surface area contributed by atoms with Crippen molar-refractivity contribution in [3.8, 4) is 5.75 Å². The van der Waals surface area contributed by atoms with Gasteiger partial charge in [-0.25, -0.2) is 4.99 Å². The minimum Gasteiger partial charge on any atom is -0.497 e. The fourth-order valence-corrected chi connectivity index (χ4v) is 3.83. The van der Waals surface area contributed by atoms with Crippen LogP contribution in [-0.2, 0) is 6.42 Å². The Morgan fingerprint density at radius 3 is 2.88 bits per heavy atom. The van der Waals surface area contributed by atoms with E-state index in [1.165, 1.54) is 16.5 Å². The number of hydrogen-bond acceptors (Lipinski definition) is 4. The molecule has 0 spiro atoms. The second-order valence-corrected chi connectivity index (χ2v) is 6.94.